The number of carbonyl (C=O) groups is 2. The molecule has 43 heavy (non-hydrogen) atoms. The minimum atomic E-state index is -4.39. The fraction of sp³-hybridized carbons (Fsp3) is 0.133. The molecule has 10 nitrogen and oxygen atoms in total. The van der Waals surface area contributed by atoms with E-state index in [0.717, 1.165) is 4.31 Å². The Kier molecular flexibility index (Phi) is 10.2. The Bertz CT molecular complexity index is 1820. The lowest BCUT2D eigenvalue weighted by Crippen LogP contribution is -2.39. The highest BCUT2D eigenvalue weighted by Crippen LogP contribution is 2.27. The second-order valence-corrected chi connectivity index (χ2v) is 13.1. The van der Waals surface area contributed by atoms with Crippen LogP contribution in [0.15, 0.2) is 113 Å². The quantitative estimate of drug-likeness (QED) is 0.209. The van der Waals surface area contributed by atoms with Crippen LogP contribution in [0, 0.1) is 0 Å². The van der Waals surface area contributed by atoms with Crippen LogP contribution in [0.5, 0.6) is 0 Å². The zero-order valence-corrected chi connectivity index (χ0v) is 25.3. The molecular weight excluding hydrogens is 614 g/mol. The van der Waals surface area contributed by atoms with Gasteiger partial charge < -0.3 is 10.1 Å². The average molecular weight is 642 g/mol. The molecule has 2 N–H and O–H groups in total. The normalized spacial score (nSPS) is 11.5. The van der Waals surface area contributed by atoms with Crippen molar-refractivity contribution < 1.29 is 31.2 Å². The van der Waals surface area contributed by atoms with Gasteiger partial charge in [0.1, 0.15) is 4.90 Å². The van der Waals surface area contributed by atoms with Gasteiger partial charge in [-0.15, -0.1) is 0 Å². The van der Waals surface area contributed by atoms with Gasteiger partial charge in [0.15, 0.2) is 0 Å². The number of anilines is 2. The van der Waals surface area contributed by atoms with Crippen molar-refractivity contribution in [1.29, 1.82) is 0 Å². The van der Waals surface area contributed by atoms with Crippen LogP contribution in [-0.4, -0.2) is 48.4 Å². The first-order chi connectivity index (χ1) is 20.5. The second kappa shape index (κ2) is 13.8. The zero-order chi connectivity index (χ0) is 31.0. The number of hydrogen-bond acceptors (Lipinski definition) is 7. The first-order valence-corrected chi connectivity index (χ1v) is 16.3. The van der Waals surface area contributed by atoms with Crippen LogP contribution in [-0.2, 0) is 24.8 Å². The van der Waals surface area contributed by atoms with Gasteiger partial charge in [0.25, 0.3) is 15.9 Å². The molecule has 0 fully saturated rings. The van der Waals surface area contributed by atoms with Crippen LogP contribution >= 0.6 is 11.6 Å². The highest BCUT2D eigenvalue weighted by Gasteiger charge is 2.30. The smallest absolute Gasteiger partial charge is 0.338 e. The SMILES string of the molecule is CCOC(=O)c1cccc(NC(=O)c2ccccc2S(=O)(=O)N(CCNS(=O)(=O)c2ccc(Cl)cc2)c2ccccc2)c1. The molecule has 224 valence electrons. The molecule has 4 aromatic rings. The Balaban J connectivity index is 1.61. The van der Waals surface area contributed by atoms with Crippen LogP contribution in [0.2, 0.25) is 5.02 Å². The lowest BCUT2D eigenvalue weighted by atomic mass is 10.1. The first-order valence-electron chi connectivity index (χ1n) is 13.0. The van der Waals surface area contributed by atoms with Crippen LogP contribution in [0.3, 0.4) is 0 Å². The zero-order valence-electron chi connectivity index (χ0n) is 22.9. The Morgan fingerprint density at radius 1 is 0.837 bits per heavy atom. The summed E-state index contributed by atoms with van der Waals surface area (Å²) in [5.41, 5.74) is 0.605. The summed E-state index contributed by atoms with van der Waals surface area (Å²) < 4.78 is 62.2. The van der Waals surface area contributed by atoms with Gasteiger partial charge in [-0.2, -0.15) is 0 Å². The number of rotatable bonds is 12. The lowest BCUT2D eigenvalue weighted by molar-refractivity contribution is 0.0526. The number of amides is 1. The molecule has 4 aromatic carbocycles. The number of halogens is 1. The van der Waals surface area contributed by atoms with Crippen molar-refractivity contribution in [3.63, 3.8) is 0 Å². The molecule has 0 bridgehead atoms. The fourth-order valence-electron chi connectivity index (χ4n) is 4.10. The third kappa shape index (κ3) is 7.79. The van der Waals surface area contributed by atoms with Gasteiger partial charge in [-0.1, -0.05) is 48.0 Å². The van der Waals surface area contributed by atoms with Crippen molar-refractivity contribution in [1.82, 2.24) is 4.72 Å². The van der Waals surface area contributed by atoms with E-state index in [0.29, 0.717) is 5.02 Å². The molecular formula is C30H28ClN3O7S2. The molecule has 0 aliphatic rings. The minimum absolute atomic E-state index is 0.0277. The summed E-state index contributed by atoms with van der Waals surface area (Å²) in [6, 6.07) is 25.4. The van der Waals surface area contributed by atoms with Crippen LogP contribution in [0.1, 0.15) is 27.6 Å². The van der Waals surface area contributed by atoms with E-state index >= 15 is 0 Å². The van der Waals surface area contributed by atoms with Gasteiger partial charge in [0.05, 0.1) is 28.3 Å². The Labute approximate surface area is 255 Å². The monoisotopic (exact) mass is 641 g/mol. The number of ether oxygens (including phenoxy) is 1. The molecule has 0 aromatic heterocycles. The van der Waals surface area contributed by atoms with Crippen molar-refractivity contribution in [2.45, 2.75) is 16.7 Å². The third-order valence-corrected chi connectivity index (χ3v) is 9.72. The standard InChI is InChI=1S/C30H28ClN3O7S2/c1-2-41-30(36)22-9-8-10-24(21-22)33-29(35)27-13-6-7-14-28(27)43(39,40)34(25-11-4-3-5-12-25)20-19-32-42(37,38)26-17-15-23(31)16-18-26/h3-18,21,32H,2,19-20H2,1H3,(H,33,35). The topological polar surface area (TPSA) is 139 Å². The predicted octanol–water partition coefficient (Wildman–Crippen LogP) is 4.94. The maximum absolute atomic E-state index is 14.1. The molecule has 0 saturated heterocycles. The average Bonchev–Trinajstić information content (AvgIpc) is 3.00. The maximum Gasteiger partial charge on any atom is 0.338 e. The largest absolute Gasteiger partial charge is 0.462 e. The summed E-state index contributed by atoms with van der Waals surface area (Å²) in [7, 11) is -8.35. The van der Waals surface area contributed by atoms with Crippen LogP contribution < -0.4 is 14.3 Å². The predicted molar refractivity (Wildman–Crippen MR) is 164 cm³/mol. The minimum Gasteiger partial charge on any atom is -0.462 e. The number of sulfonamides is 2. The maximum atomic E-state index is 14.1. The summed E-state index contributed by atoms with van der Waals surface area (Å²) in [5.74, 6) is -1.29. The second-order valence-electron chi connectivity index (χ2n) is 9.02. The Morgan fingerprint density at radius 3 is 2.21 bits per heavy atom. The molecule has 0 atom stereocenters. The highest BCUT2D eigenvalue weighted by atomic mass is 35.5. The molecule has 1 amide bonds. The van der Waals surface area contributed by atoms with Crippen molar-refractivity contribution in [2.75, 3.05) is 29.3 Å². The summed E-state index contributed by atoms with van der Waals surface area (Å²) in [6.45, 7) is 1.31. The van der Waals surface area contributed by atoms with Crippen molar-refractivity contribution in [3.8, 4) is 0 Å². The lowest BCUT2D eigenvalue weighted by Gasteiger charge is -2.25. The van der Waals surface area contributed by atoms with Crippen LogP contribution in [0.25, 0.3) is 0 Å². The summed E-state index contributed by atoms with van der Waals surface area (Å²) >= 11 is 5.86. The van der Waals surface area contributed by atoms with Gasteiger partial charge >= 0.3 is 5.97 Å². The first kappa shape index (κ1) is 31.7. The molecule has 4 rings (SSSR count). The van der Waals surface area contributed by atoms with E-state index in [2.05, 4.69) is 10.0 Å². The van der Waals surface area contributed by atoms with Crippen molar-refractivity contribution >= 4 is 54.9 Å². The van der Waals surface area contributed by atoms with Crippen molar-refractivity contribution in [2.24, 2.45) is 0 Å². The number of nitrogens with zero attached hydrogens (tertiary/aromatic N) is 1. The van der Waals surface area contributed by atoms with Gasteiger partial charge in [-0.05, 0) is 73.7 Å². The molecule has 0 unspecified atom stereocenters. The molecule has 0 heterocycles. The number of esters is 1. The van der Waals surface area contributed by atoms with Gasteiger partial charge in [0, 0.05) is 23.8 Å². The number of nitrogens with one attached hydrogen (secondary N) is 2. The fourth-order valence-corrected chi connectivity index (χ4v) is 6.90. The number of hydrogen-bond donors (Lipinski definition) is 2. The Hall–Kier alpha value is -4.23. The van der Waals surface area contributed by atoms with E-state index in [1.165, 1.54) is 60.7 Å². The molecule has 0 radical (unpaired) electrons. The van der Waals surface area contributed by atoms with Gasteiger partial charge in [-0.3, -0.25) is 9.10 Å². The number of benzene rings is 4. The number of para-hydroxylation sites is 1. The van der Waals surface area contributed by atoms with Gasteiger partial charge in [-0.25, -0.2) is 26.4 Å². The van der Waals surface area contributed by atoms with E-state index < -0.39 is 31.9 Å². The van der Waals surface area contributed by atoms with E-state index in [1.54, 1.807) is 49.4 Å². The van der Waals surface area contributed by atoms with E-state index in [9.17, 15) is 26.4 Å². The van der Waals surface area contributed by atoms with E-state index in [-0.39, 0.29) is 52.0 Å². The van der Waals surface area contributed by atoms with Crippen LogP contribution in [0.4, 0.5) is 11.4 Å². The van der Waals surface area contributed by atoms with E-state index in [1.807, 2.05) is 0 Å². The summed E-state index contributed by atoms with van der Waals surface area (Å²) in [6.07, 6.45) is 0. The molecule has 0 aliphatic heterocycles. The Morgan fingerprint density at radius 2 is 1.51 bits per heavy atom. The summed E-state index contributed by atoms with van der Waals surface area (Å²) in [4.78, 5) is 25.2. The molecule has 0 saturated carbocycles. The summed E-state index contributed by atoms with van der Waals surface area (Å²) in [5, 5.41) is 3.01. The highest BCUT2D eigenvalue weighted by molar-refractivity contribution is 7.93. The third-order valence-electron chi connectivity index (χ3n) is 6.11. The van der Waals surface area contributed by atoms with Gasteiger partial charge in [0.2, 0.25) is 10.0 Å². The number of carbonyl (C=O) groups excluding carboxylic acids is 2. The molecule has 0 spiro atoms. The molecule has 13 heteroatoms. The van der Waals surface area contributed by atoms with E-state index in [4.69, 9.17) is 16.3 Å². The van der Waals surface area contributed by atoms with Crippen molar-refractivity contribution in [3.05, 3.63) is 119 Å². The molecule has 0 aliphatic carbocycles.